The van der Waals surface area contributed by atoms with E-state index in [0.717, 1.165) is 10.9 Å². The summed E-state index contributed by atoms with van der Waals surface area (Å²) in [4.78, 5) is 4.63. The van der Waals surface area contributed by atoms with Crippen LogP contribution in [-0.4, -0.2) is 49.4 Å². The highest BCUT2D eigenvalue weighted by atomic mass is 32.2. The van der Waals surface area contributed by atoms with Gasteiger partial charge in [0.25, 0.3) is 0 Å². The van der Waals surface area contributed by atoms with Crippen molar-refractivity contribution in [2.45, 2.75) is 39.3 Å². The molecule has 2 aliphatic heterocycles. The van der Waals surface area contributed by atoms with Gasteiger partial charge in [0.05, 0.1) is 26.4 Å². The van der Waals surface area contributed by atoms with E-state index in [1.54, 1.807) is 0 Å². The normalized spacial score (nSPS) is 32.3. The molecule has 2 rings (SSSR count). The number of aliphatic imine (C=N–C) groups is 1. The zero-order valence-corrected chi connectivity index (χ0v) is 12.4. The minimum Gasteiger partial charge on any atom is -0.376 e. The van der Waals surface area contributed by atoms with E-state index in [-0.39, 0.29) is 11.5 Å². The van der Waals surface area contributed by atoms with Gasteiger partial charge in [-0.05, 0) is 11.8 Å². The summed E-state index contributed by atoms with van der Waals surface area (Å²) in [6.07, 6.45) is 1.33. The first-order valence-electron chi connectivity index (χ1n) is 6.69. The quantitative estimate of drug-likeness (QED) is 0.834. The molecule has 2 saturated heterocycles. The molecule has 2 unspecified atom stereocenters. The Labute approximate surface area is 114 Å². The number of nitrogens with zero attached hydrogens (tertiary/aromatic N) is 1. The van der Waals surface area contributed by atoms with Gasteiger partial charge in [-0.25, -0.2) is 0 Å². The summed E-state index contributed by atoms with van der Waals surface area (Å²) in [6.45, 7) is 9.60. The number of hydrogen-bond acceptors (Lipinski definition) is 4. The molecule has 0 saturated carbocycles. The highest BCUT2D eigenvalue weighted by molar-refractivity contribution is 8.13. The smallest absolute Gasteiger partial charge is 0.156 e. The molecule has 0 aromatic carbocycles. The van der Waals surface area contributed by atoms with Crippen molar-refractivity contribution in [1.29, 1.82) is 0 Å². The van der Waals surface area contributed by atoms with E-state index in [1.165, 1.54) is 6.42 Å². The lowest BCUT2D eigenvalue weighted by molar-refractivity contribution is -0.0832. The molecule has 0 amide bonds. The Kier molecular flexibility index (Phi) is 4.92. The van der Waals surface area contributed by atoms with Crippen LogP contribution in [0.4, 0.5) is 0 Å². The van der Waals surface area contributed by atoms with Crippen LogP contribution in [0.3, 0.4) is 0 Å². The number of hydrogen-bond donors (Lipinski definition) is 1. The van der Waals surface area contributed by atoms with E-state index in [2.05, 4.69) is 31.1 Å². The van der Waals surface area contributed by atoms with Crippen LogP contribution < -0.4 is 5.32 Å². The van der Waals surface area contributed by atoms with Crippen molar-refractivity contribution in [1.82, 2.24) is 5.32 Å². The van der Waals surface area contributed by atoms with Crippen molar-refractivity contribution >= 4 is 16.9 Å². The number of rotatable bonds is 2. The second-order valence-electron chi connectivity index (χ2n) is 5.91. The molecular weight excluding hydrogens is 248 g/mol. The fourth-order valence-corrected chi connectivity index (χ4v) is 3.04. The number of amidine groups is 1. The molecule has 0 radical (unpaired) electrons. The molecule has 0 spiro atoms. The summed E-state index contributed by atoms with van der Waals surface area (Å²) in [5.41, 5.74) is 0.284. The van der Waals surface area contributed by atoms with Crippen LogP contribution in [0.5, 0.6) is 0 Å². The van der Waals surface area contributed by atoms with Crippen molar-refractivity contribution in [3.63, 3.8) is 0 Å². The van der Waals surface area contributed by atoms with Crippen LogP contribution in [0.25, 0.3) is 0 Å². The SMILES string of the molecule is CC(C)(C)C1CCSC(=NCC2COCCO2)N1. The predicted molar refractivity (Wildman–Crippen MR) is 76.3 cm³/mol. The third-order valence-corrected chi connectivity index (χ3v) is 4.27. The first-order valence-corrected chi connectivity index (χ1v) is 7.67. The molecule has 0 bridgehead atoms. The minimum absolute atomic E-state index is 0.128. The third kappa shape index (κ3) is 4.14. The molecule has 5 heteroatoms. The summed E-state index contributed by atoms with van der Waals surface area (Å²) >= 11 is 1.81. The molecule has 2 aliphatic rings. The van der Waals surface area contributed by atoms with Gasteiger partial charge in [0.1, 0.15) is 6.10 Å². The van der Waals surface area contributed by atoms with Gasteiger partial charge in [-0.15, -0.1) is 0 Å². The molecule has 0 aliphatic carbocycles. The molecule has 18 heavy (non-hydrogen) atoms. The van der Waals surface area contributed by atoms with Crippen LogP contribution in [-0.2, 0) is 9.47 Å². The van der Waals surface area contributed by atoms with E-state index < -0.39 is 0 Å². The van der Waals surface area contributed by atoms with E-state index in [4.69, 9.17) is 9.47 Å². The lowest BCUT2D eigenvalue weighted by Gasteiger charge is -2.35. The van der Waals surface area contributed by atoms with Gasteiger partial charge >= 0.3 is 0 Å². The van der Waals surface area contributed by atoms with Crippen LogP contribution >= 0.6 is 11.8 Å². The fourth-order valence-electron chi connectivity index (χ4n) is 2.10. The lowest BCUT2D eigenvalue weighted by Crippen LogP contribution is -2.46. The summed E-state index contributed by atoms with van der Waals surface area (Å²) in [5, 5.41) is 4.61. The van der Waals surface area contributed by atoms with Gasteiger partial charge in [0.15, 0.2) is 5.17 Å². The van der Waals surface area contributed by atoms with Crippen molar-refractivity contribution in [2.24, 2.45) is 10.4 Å². The van der Waals surface area contributed by atoms with Crippen LogP contribution in [0, 0.1) is 5.41 Å². The maximum absolute atomic E-state index is 5.59. The van der Waals surface area contributed by atoms with Gasteiger partial charge in [-0.2, -0.15) is 0 Å². The van der Waals surface area contributed by atoms with Gasteiger partial charge in [0, 0.05) is 11.8 Å². The highest BCUT2D eigenvalue weighted by Gasteiger charge is 2.28. The molecule has 0 aromatic heterocycles. The van der Waals surface area contributed by atoms with Gasteiger partial charge in [-0.3, -0.25) is 4.99 Å². The van der Waals surface area contributed by atoms with E-state index in [9.17, 15) is 0 Å². The maximum Gasteiger partial charge on any atom is 0.156 e. The molecule has 2 fully saturated rings. The van der Waals surface area contributed by atoms with Crippen LogP contribution in [0.1, 0.15) is 27.2 Å². The first kappa shape index (κ1) is 14.2. The van der Waals surface area contributed by atoms with E-state index >= 15 is 0 Å². The number of nitrogens with one attached hydrogen (secondary N) is 1. The summed E-state index contributed by atoms with van der Waals surface area (Å²) in [5.74, 6) is 1.15. The van der Waals surface area contributed by atoms with Crippen molar-refractivity contribution in [3.8, 4) is 0 Å². The lowest BCUT2D eigenvalue weighted by atomic mass is 9.85. The largest absolute Gasteiger partial charge is 0.376 e. The second-order valence-corrected chi connectivity index (χ2v) is 7.00. The number of thioether (sulfide) groups is 1. The molecule has 2 heterocycles. The zero-order chi connectivity index (χ0) is 13.0. The molecule has 2 atom stereocenters. The standard InChI is InChI=1S/C13H24N2O2S/c1-13(2,3)11-4-7-18-12(15-11)14-8-10-9-16-5-6-17-10/h10-11H,4-9H2,1-3H3,(H,14,15). The first-order chi connectivity index (χ1) is 8.55. The van der Waals surface area contributed by atoms with Gasteiger partial charge in [0.2, 0.25) is 0 Å². The van der Waals surface area contributed by atoms with Crippen LogP contribution in [0.2, 0.25) is 0 Å². The second kappa shape index (κ2) is 6.26. The monoisotopic (exact) mass is 272 g/mol. The Balaban J connectivity index is 1.84. The average Bonchev–Trinajstić information content (AvgIpc) is 2.37. The van der Waals surface area contributed by atoms with E-state index in [0.29, 0.717) is 32.4 Å². The molecule has 104 valence electrons. The molecule has 0 aromatic rings. The number of ether oxygens (including phenoxy) is 2. The fraction of sp³-hybridized carbons (Fsp3) is 0.923. The van der Waals surface area contributed by atoms with Crippen molar-refractivity contribution < 1.29 is 9.47 Å². The Hall–Kier alpha value is -0.260. The zero-order valence-electron chi connectivity index (χ0n) is 11.6. The van der Waals surface area contributed by atoms with Crippen LogP contribution in [0.15, 0.2) is 4.99 Å². The Morgan fingerprint density at radius 3 is 2.89 bits per heavy atom. The third-order valence-electron chi connectivity index (χ3n) is 3.31. The Morgan fingerprint density at radius 2 is 2.22 bits per heavy atom. The highest BCUT2D eigenvalue weighted by Crippen LogP contribution is 2.27. The Bertz CT molecular complexity index is 296. The predicted octanol–water partition coefficient (Wildman–Crippen LogP) is 1.90. The molecule has 1 N–H and O–H groups in total. The van der Waals surface area contributed by atoms with Crippen molar-refractivity contribution in [3.05, 3.63) is 0 Å². The molecule has 4 nitrogen and oxygen atoms in total. The summed E-state index contributed by atoms with van der Waals surface area (Å²) < 4.78 is 11.0. The Morgan fingerprint density at radius 1 is 1.39 bits per heavy atom. The van der Waals surface area contributed by atoms with E-state index in [1.807, 2.05) is 11.8 Å². The minimum atomic E-state index is 0.128. The molecular formula is C13H24N2O2S. The van der Waals surface area contributed by atoms with Gasteiger partial charge < -0.3 is 14.8 Å². The maximum atomic E-state index is 5.59. The van der Waals surface area contributed by atoms with Crippen molar-refractivity contribution in [2.75, 3.05) is 32.1 Å². The van der Waals surface area contributed by atoms with Gasteiger partial charge in [-0.1, -0.05) is 32.5 Å². The summed E-state index contributed by atoms with van der Waals surface area (Å²) in [7, 11) is 0. The average molecular weight is 272 g/mol. The topological polar surface area (TPSA) is 42.9 Å². The summed E-state index contributed by atoms with van der Waals surface area (Å²) in [6, 6.07) is 0.515.